The third-order valence-electron chi connectivity index (χ3n) is 5.22. The molecule has 1 unspecified atom stereocenters. The number of likely N-dealkylation sites (tertiary alicyclic amines) is 1. The van der Waals surface area contributed by atoms with Gasteiger partial charge in [0.05, 0.1) is 11.6 Å². The highest BCUT2D eigenvalue weighted by atomic mass is 16.5. The molecule has 1 aromatic carbocycles. The van der Waals surface area contributed by atoms with Crippen LogP contribution in [0, 0.1) is 17.2 Å². The first-order chi connectivity index (χ1) is 12.3. The van der Waals surface area contributed by atoms with Crippen LogP contribution in [0.1, 0.15) is 56.0 Å². The molecule has 0 N–H and O–H groups in total. The largest absolute Gasteiger partial charge is 0.337 e. The summed E-state index contributed by atoms with van der Waals surface area (Å²) in [5.41, 5.74) is 1.31. The summed E-state index contributed by atoms with van der Waals surface area (Å²) in [4.78, 5) is 19.2. The molecule has 2 heterocycles. The van der Waals surface area contributed by atoms with E-state index in [0.717, 1.165) is 50.6 Å². The zero-order chi connectivity index (χ0) is 17.2. The van der Waals surface area contributed by atoms with Crippen LogP contribution in [0.3, 0.4) is 0 Å². The fourth-order valence-corrected chi connectivity index (χ4v) is 3.56. The van der Waals surface area contributed by atoms with Crippen molar-refractivity contribution in [3.63, 3.8) is 0 Å². The first-order valence-corrected chi connectivity index (χ1v) is 8.91. The summed E-state index contributed by atoms with van der Waals surface area (Å²) in [5.74, 6) is 1.39. The summed E-state index contributed by atoms with van der Waals surface area (Å²) in [6.45, 7) is 0.766. The Hall–Kier alpha value is -2.68. The predicted octanol–water partition coefficient (Wildman–Crippen LogP) is 3.46. The van der Waals surface area contributed by atoms with E-state index in [-0.39, 0.29) is 17.9 Å². The second-order valence-electron chi connectivity index (χ2n) is 6.82. The van der Waals surface area contributed by atoms with Gasteiger partial charge in [0.2, 0.25) is 17.6 Å². The molecule has 6 nitrogen and oxygen atoms in total. The molecule has 2 aromatic rings. The van der Waals surface area contributed by atoms with Gasteiger partial charge in [-0.1, -0.05) is 23.7 Å². The zero-order valence-corrected chi connectivity index (χ0v) is 14.0. The number of piperidine rings is 1. The van der Waals surface area contributed by atoms with Gasteiger partial charge in [-0.3, -0.25) is 4.79 Å². The van der Waals surface area contributed by atoms with E-state index in [1.54, 1.807) is 18.2 Å². The first-order valence-electron chi connectivity index (χ1n) is 8.91. The van der Waals surface area contributed by atoms with Crippen molar-refractivity contribution < 1.29 is 9.32 Å². The Morgan fingerprint density at radius 2 is 2.12 bits per heavy atom. The smallest absolute Gasteiger partial charge is 0.249 e. The van der Waals surface area contributed by atoms with E-state index >= 15 is 0 Å². The van der Waals surface area contributed by atoms with Crippen molar-refractivity contribution in [3.8, 4) is 17.5 Å². The van der Waals surface area contributed by atoms with Crippen LogP contribution < -0.4 is 0 Å². The van der Waals surface area contributed by atoms with E-state index in [0.29, 0.717) is 17.3 Å². The van der Waals surface area contributed by atoms with E-state index in [4.69, 9.17) is 9.78 Å². The molecule has 1 saturated heterocycles. The molecule has 2 fully saturated rings. The maximum absolute atomic E-state index is 12.7. The number of aromatic nitrogens is 2. The number of nitriles is 1. The lowest BCUT2D eigenvalue weighted by molar-refractivity contribution is -0.142. The van der Waals surface area contributed by atoms with Crippen LogP contribution in [0.25, 0.3) is 11.4 Å². The highest BCUT2D eigenvalue weighted by molar-refractivity contribution is 5.80. The molecule has 6 heteroatoms. The van der Waals surface area contributed by atoms with Crippen molar-refractivity contribution in [2.75, 3.05) is 6.54 Å². The normalized spacial score (nSPS) is 20.8. The fraction of sp³-hybridized carbons (Fsp3) is 0.474. The van der Waals surface area contributed by atoms with E-state index < -0.39 is 0 Å². The van der Waals surface area contributed by atoms with Crippen LogP contribution in [-0.2, 0) is 4.79 Å². The number of nitrogens with zero attached hydrogens (tertiary/aromatic N) is 4. The lowest BCUT2D eigenvalue weighted by Crippen LogP contribution is -2.43. The molecule has 0 spiro atoms. The molecular weight excluding hydrogens is 316 g/mol. The highest BCUT2D eigenvalue weighted by Gasteiger charge is 2.37. The average molecular weight is 336 g/mol. The van der Waals surface area contributed by atoms with Gasteiger partial charge in [0.25, 0.3) is 0 Å². The minimum Gasteiger partial charge on any atom is -0.337 e. The van der Waals surface area contributed by atoms with Crippen molar-refractivity contribution in [1.29, 1.82) is 5.26 Å². The Balaban J connectivity index is 1.59. The Morgan fingerprint density at radius 3 is 2.88 bits per heavy atom. The molecule has 128 valence electrons. The molecule has 1 aliphatic heterocycles. The van der Waals surface area contributed by atoms with Crippen LogP contribution in [0.5, 0.6) is 0 Å². The van der Waals surface area contributed by atoms with E-state index in [1.165, 1.54) is 0 Å². The molecule has 1 aromatic heterocycles. The number of carbonyl (C=O) groups is 1. The third kappa shape index (κ3) is 3.02. The van der Waals surface area contributed by atoms with Crippen molar-refractivity contribution in [3.05, 3.63) is 35.7 Å². The summed E-state index contributed by atoms with van der Waals surface area (Å²) in [6.07, 6.45) is 6.09. The summed E-state index contributed by atoms with van der Waals surface area (Å²) < 4.78 is 5.51. The molecule has 2 aliphatic rings. The van der Waals surface area contributed by atoms with Crippen LogP contribution in [0.2, 0.25) is 0 Å². The second-order valence-corrected chi connectivity index (χ2v) is 6.82. The Kier molecular flexibility index (Phi) is 4.22. The van der Waals surface area contributed by atoms with E-state index in [1.807, 2.05) is 11.0 Å². The van der Waals surface area contributed by atoms with Gasteiger partial charge in [-0.05, 0) is 44.2 Å². The number of carbonyl (C=O) groups excluding carboxylic acids is 1. The molecule has 1 saturated carbocycles. The quantitative estimate of drug-likeness (QED) is 0.857. The lowest BCUT2D eigenvalue weighted by atomic mass is 9.83. The summed E-state index contributed by atoms with van der Waals surface area (Å²) in [7, 11) is 0. The molecule has 1 amide bonds. The van der Waals surface area contributed by atoms with Crippen LogP contribution in [0.4, 0.5) is 0 Å². The predicted molar refractivity (Wildman–Crippen MR) is 90.1 cm³/mol. The third-order valence-corrected chi connectivity index (χ3v) is 5.22. The van der Waals surface area contributed by atoms with Crippen molar-refractivity contribution >= 4 is 5.91 Å². The molecule has 4 rings (SSSR count). The number of hydrogen-bond donors (Lipinski definition) is 0. The number of hydrogen-bond acceptors (Lipinski definition) is 5. The van der Waals surface area contributed by atoms with Crippen molar-refractivity contribution in [2.45, 2.75) is 44.6 Å². The van der Waals surface area contributed by atoms with Gasteiger partial charge in [-0.25, -0.2) is 0 Å². The average Bonchev–Trinajstić information content (AvgIpc) is 3.10. The van der Waals surface area contributed by atoms with Crippen molar-refractivity contribution in [2.24, 2.45) is 5.92 Å². The zero-order valence-electron chi connectivity index (χ0n) is 14.0. The van der Waals surface area contributed by atoms with Gasteiger partial charge in [0, 0.05) is 18.0 Å². The fourth-order valence-electron chi connectivity index (χ4n) is 3.56. The monoisotopic (exact) mass is 336 g/mol. The molecule has 25 heavy (non-hydrogen) atoms. The molecule has 0 radical (unpaired) electrons. The standard InChI is InChI=1S/C19H20N4O2/c20-12-13-5-3-8-15(11-13)17-21-18(25-22-17)16-9-1-2-10-23(16)19(24)14-6-4-7-14/h3,5,8,11,14,16H,1-2,4,6-7,9-10H2. The van der Waals surface area contributed by atoms with Crippen LogP contribution in [-0.4, -0.2) is 27.5 Å². The topological polar surface area (TPSA) is 83.0 Å². The van der Waals surface area contributed by atoms with Gasteiger partial charge in [0.1, 0.15) is 6.04 Å². The SMILES string of the molecule is N#Cc1cccc(-c2noc(C3CCCCN3C(=O)C3CCC3)n2)c1. The number of amides is 1. The number of benzene rings is 1. The highest BCUT2D eigenvalue weighted by Crippen LogP contribution is 2.36. The number of rotatable bonds is 3. The second kappa shape index (κ2) is 6.67. The van der Waals surface area contributed by atoms with Gasteiger partial charge in [-0.2, -0.15) is 10.2 Å². The maximum Gasteiger partial charge on any atom is 0.249 e. The van der Waals surface area contributed by atoms with Gasteiger partial charge in [-0.15, -0.1) is 0 Å². The summed E-state index contributed by atoms with van der Waals surface area (Å²) in [5, 5.41) is 13.1. The molecule has 1 aliphatic carbocycles. The van der Waals surface area contributed by atoms with Crippen LogP contribution in [0.15, 0.2) is 28.8 Å². The van der Waals surface area contributed by atoms with Gasteiger partial charge in [0.15, 0.2) is 0 Å². The van der Waals surface area contributed by atoms with E-state index in [9.17, 15) is 4.79 Å². The van der Waals surface area contributed by atoms with Crippen molar-refractivity contribution in [1.82, 2.24) is 15.0 Å². The van der Waals surface area contributed by atoms with E-state index in [2.05, 4.69) is 16.2 Å². The van der Waals surface area contributed by atoms with Gasteiger partial charge >= 0.3 is 0 Å². The minimum atomic E-state index is -0.123. The van der Waals surface area contributed by atoms with Crippen LogP contribution >= 0.6 is 0 Å². The lowest BCUT2D eigenvalue weighted by Gasteiger charge is -2.38. The Bertz CT molecular complexity index is 819. The molecule has 0 bridgehead atoms. The Labute approximate surface area is 146 Å². The summed E-state index contributed by atoms with van der Waals surface area (Å²) in [6, 6.07) is 9.13. The maximum atomic E-state index is 12.7. The van der Waals surface area contributed by atoms with Gasteiger partial charge < -0.3 is 9.42 Å². The molecular formula is C19H20N4O2. The first kappa shape index (κ1) is 15.8. The molecule has 1 atom stereocenters. The minimum absolute atomic E-state index is 0.123. The Morgan fingerprint density at radius 1 is 1.24 bits per heavy atom. The summed E-state index contributed by atoms with van der Waals surface area (Å²) >= 11 is 0.